The third kappa shape index (κ3) is 4.70. The maximum Gasteiger partial charge on any atom is 0.253 e. The molecule has 39 heavy (non-hydrogen) atoms. The van der Waals surface area contributed by atoms with E-state index in [0.29, 0.717) is 49.7 Å². The van der Waals surface area contributed by atoms with E-state index >= 15 is 0 Å². The standard InChI is InChI=1S/C30H38ClN3O5/c1-3-16-32-17-8-14-29(2)23(26(32)36)24-27(37)34(18-6-4-5-7-20-35)25-28(38)33(19-9-15-30(24,25)39-29)22-12-10-21(31)11-13-22/h8-15,23-25,35H,3-7,16-20H2,1-2H3/t23-,24-,25?,29+,30-/m0/s1. The van der Waals surface area contributed by atoms with Gasteiger partial charge in [0.05, 0.1) is 17.4 Å². The maximum absolute atomic E-state index is 14.4. The van der Waals surface area contributed by atoms with Crippen molar-refractivity contribution in [1.29, 1.82) is 0 Å². The van der Waals surface area contributed by atoms with Gasteiger partial charge in [-0.3, -0.25) is 14.4 Å². The summed E-state index contributed by atoms with van der Waals surface area (Å²) < 4.78 is 6.86. The fourth-order valence-corrected chi connectivity index (χ4v) is 7.01. The Bertz CT molecular complexity index is 1170. The lowest BCUT2D eigenvalue weighted by atomic mass is 9.74. The highest BCUT2D eigenvalue weighted by atomic mass is 35.5. The van der Waals surface area contributed by atoms with Crippen molar-refractivity contribution in [3.8, 4) is 0 Å². The van der Waals surface area contributed by atoms with Gasteiger partial charge in [-0.05, 0) is 50.5 Å². The van der Waals surface area contributed by atoms with Crippen LogP contribution in [0.25, 0.3) is 0 Å². The van der Waals surface area contributed by atoms with Crippen LogP contribution in [0.4, 0.5) is 5.69 Å². The molecule has 0 aliphatic carbocycles. The van der Waals surface area contributed by atoms with Crippen LogP contribution in [0, 0.1) is 11.8 Å². The van der Waals surface area contributed by atoms with Crippen molar-refractivity contribution >= 4 is 35.0 Å². The van der Waals surface area contributed by atoms with E-state index < -0.39 is 29.1 Å². The number of carbonyl (C=O) groups excluding carboxylic acids is 3. The highest BCUT2D eigenvalue weighted by Gasteiger charge is 2.74. The van der Waals surface area contributed by atoms with E-state index in [9.17, 15) is 14.4 Å². The van der Waals surface area contributed by atoms with Crippen LogP contribution < -0.4 is 4.90 Å². The average Bonchev–Trinajstić information content (AvgIpc) is 3.18. The van der Waals surface area contributed by atoms with Crippen molar-refractivity contribution in [2.45, 2.75) is 63.2 Å². The molecule has 1 N–H and O–H groups in total. The third-order valence-electron chi connectivity index (χ3n) is 8.58. The minimum Gasteiger partial charge on any atom is -0.396 e. The molecule has 4 aliphatic heterocycles. The van der Waals surface area contributed by atoms with E-state index in [2.05, 4.69) is 0 Å². The number of nitrogens with zero attached hydrogens (tertiary/aromatic N) is 3. The minimum absolute atomic E-state index is 0.0947. The Morgan fingerprint density at radius 1 is 0.923 bits per heavy atom. The first-order valence-corrected chi connectivity index (χ1v) is 14.5. The molecule has 4 heterocycles. The molecule has 0 radical (unpaired) electrons. The molecule has 3 amide bonds. The van der Waals surface area contributed by atoms with Gasteiger partial charge in [-0.15, -0.1) is 0 Å². The highest BCUT2D eigenvalue weighted by Crippen LogP contribution is 2.57. The van der Waals surface area contributed by atoms with E-state index in [0.717, 1.165) is 19.3 Å². The molecule has 1 spiro atoms. The number of anilines is 1. The quantitative estimate of drug-likeness (QED) is 0.371. The summed E-state index contributed by atoms with van der Waals surface area (Å²) in [7, 11) is 0. The zero-order valence-corrected chi connectivity index (χ0v) is 23.5. The molecular formula is C30H38ClN3O5. The normalized spacial score (nSPS) is 31.8. The molecule has 2 saturated heterocycles. The highest BCUT2D eigenvalue weighted by molar-refractivity contribution is 6.30. The summed E-state index contributed by atoms with van der Waals surface area (Å²) in [4.78, 5) is 47.8. The molecule has 1 aromatic carbocycles. The number of aliphatic hydroxyl groups is 1. The Balaban J connectivity index is 1.56. The number of carbonyl (C=O) groups is 3. The summed E-state index contributed by atoms with van der Waals surface area (Å²) in [5.74, 6) is -2.05. The number of rotatable bonds is 9. The number of halogens is 1. The van der Waals surface area contributed by atoms with E-state index in [-0.39, 0.29) is 24.3 Å². The number of fused-ring (bicyclic) bond motifs is 2. The van der Waals surface area contributed by atoms with Gasteiger partial charge < -0.3 is 24.5 Å². The Morgan fingerprint density at radius 2 is 1.64 bits per heavy atom. The molecule has 5 rings (SSSR count). The first-order valence-electron chi connectivity index (χ1n) is 14.1. The lowest BCUT2D eigenvalue weighted by Crippen LogP contribution is -2.56. The summed E-state index contributed by atoms with van der Waals surface area (Å²) in [5, 5.41) is 9.73. The van der Waals surface area contributed by atoms with Gasteiger partial charge in [0.15, 0.2) is 0 Å². The number of amides is 3. The monoisotopic (exact) mass is 555 g/mol. The summed E-state index contributed by atoms with van der Waals surface area (Å²) in [6.45, 7) is 5.82. The van der Waals surface area contributed by atoms with E-state index in [1.165, 1.54) is 0 Å². The number of likely N-dealkylation sites (tertiary alicyclic amines) is 1. The SMILES string of the molecule is CCCN1CC=C[C@@]2(C)O[C@]34C=CCN(c5ccc(Cl)cc5)C(=O)C3N(CCCCCCO)C(=O)[C@@H]4[C@H]2C1=O. The molecular weight excluding hydrogens is 518 g/mol. The summed E-state index contributed by atoms with van der Waals surface area (Å²) in [6, 6.07) is 6.19. The zero-order valence-electron chi connectivity index (χ0n) is 22.7. The lowest BCUT2D eigenvalue weighted by Gasteiger charge is -2.37. The fourth-order valence-electron chi connectivity index (χ4n) is 6.88. The van der Waals surface area contributed by atoms with Crippen LogP contribution in [0.5, 0.6) is 0 Å². The van der Waals surface area contributed by atoms with Crippen molar-refractivity contribution in [3.05, 3.63) is 53.6 Å². The van der Waals surface area contributed by atoms with E-state index in [1.54, 1.807) is 39.0 Å². The second kappa shape index (κ2) is 11.1. The minimum atomic E-state index is -1.25. The van der Waals surface area contributed by atoms with Gasteiger partial charge in [0.2, 0.25) is 11.8 Å². The molecule has 8 nitrogen and oxygen atoms in total. The number of ether oxygens (including phenoxy) is 1. The van der Waals surface area contributed by atoms with Crippen molar-refractivity contribution in [2.24, 2.45) is 11.8 Å². The second-order valence-corrected chi connectivity index (χ2v) is 11.6. The molecule has 0 bridgehead atoms. The van der Waals surface area contributed by atoms with Crippen molar-refractivity contribution in [3.63, 3.8) is 0 Å². The second-order valence-electron chi connectivity index (χ2n) is 11.2. The molecule has 9 heteroatoms. The molecule has 1 unspecified atom stereocenters. The smallest absolute Gasteiger partial charge is 0.253 e. The van der Waals surface area contributed by atoms with Gasteiger partial charge >= 0.3 is 0 Å². The van der Waals surface area contributed by atoms with Crippen LogP contribution in [-0.4, -0.2) is 82.7 Å². The maximum atomic E-state index is 14.4. The molecule has 4 aliphatic rings. The van der Waals surface area contributed by atoms with Crippen LogP contribution in [-0.2, 0) is 19.1 Å². The van der Waals surface area contributed by atoms with Gasteiger partial charge in [0.1, 0.15) is 11.6 Å². The summed E-state index contributed by atoms with van der Waals surface area (Å²) in [6.07, 6.45) is 11.5. The molecule has 1 aromatic rings. The topological polar surface area (TPSA) is 90.4 Å². The molecule has 5 atom stereocenters. The molecule has 0 aromatic heterocycles. The van der Waals surface area contributed by atoms with Gasteiger partial charge in [0.25, 0.3) is 5.91 Å². The predicted octanol–water partition coefficient (Wildman–Crippen LogP) is 3.57. The van der Waals surface area contributed by atoms with Crippen molar-refractivity contribution in [1.82, 2.24) is 9.80 Å². The van der Waals surface area contributed by atoms with Gasteiger partial charge in [-0.1, -0.05) is 55.7 Å². The number of unbranched alkanes of at least 4 members (excludes halogenated alkanes) is 3. The van der Waals surface area contributed by atoms with Crippen molar-refractivity contribution < 1.29 is 24.2 Å². The Kier molecular flexibility index (Phi) is 7.91. The number of benzene rings is 1. The van der Waals surface area contributed by atoms with Gasteiger partial charge in [-0.2, -0.15) is 0 Å². The largest absolute Gasteiger partial charge is 0.396 e. The van der Waals surface area contributed by atoms with Crippen LogP contribution in [0.1, 0.15) is 46.0 Å². The van der Waals surface area contributed by atoms with Crippen molar-refractivity contribution in [2.75, 3.05) is 37.7 Å². The Hall–Kier alpha value is -2.68. The van der Waals surface area contributed by atoms with E-state index in [1.807, 2.05) is 38.2 Å². The Morgan fingerprint density at radius 3 is 2.36 bits per heavy atom. The molecule has 210 valence electrons. The number of hydrogen-bond acceptors (Lipinski definition) is 5. The summed E-state index contributed by atoms with van der Waals surface area (Å²) >= 11 is 6.11. The van der Waals surface area contributed by atoms with E-state index in [4.69, 9.17) is 21.4 Å². The first kappa shape index (κ1) is 27.9. The molecule has 2 fully saturated rings. The fraction of sp³-hybridized carbons (Fsp3) is 0.567. The third-order valence-corrected chi connectivity index (χ3v) is 8.83. The number of aliphatic hydroxyl groups excluding tert-OH is 1. The van der Waals surface area contributed by atoms with Crippen LogP contribution in [0.3, 0.4) is 0 Å². The number of hydrogen-bond donors (Lipinski definition) is 1. The van der Waals surface area contributed by atoms with Gasteiger partial charge in [-0.25, -0.2) is 0 Å². The first-order chi connectivity index (χ1) is 18.8. The zero-order chi connectivity index (χ0) is 27.8. The van der Waals surface area contributed by atoms with Crippen LogP contribution >= 0.6 is 11.6 Å². The van der Waals surface area contributed by atoms with Crippen LogP contribution in [0.15, 0.2) is 48.6 Å². The Labute approximate surface area is 235 Å². The lowest BCUT2D eigenvalue weighted by molar-refractivity contribution is -0.148. The predicted molar refractivity (Wildman–Crippen MR) is 149 cm³/mol. The van der Waals surface area contributed by atoms with Gasteiger partial charge in [0, 0.05) is 43.5 Å². The van der Waals surface area contributed by atoms with Crippen LogP contribution in [0.2, 0.25) is 5.02 Å². The average molecular weight is 556 g/mol. The summed E-state index contributed by atoms with van der Waals surface area (Å²) in [5.41, 5.74) is -1.58. The molecule has 0 saturated carbocycles.